The maximum absolute atomic E-state index is 13.2. The molecule has 182 valence electrons. The van der Waals surface area contributed by atoms with Gasteiger partial charge in [0.25, 0.3) is 5.91 Å². The molecule has 1 fully saturated rings. The lowest BCUT2D eigenvalue weighted by Gasteiger charge is -2.44. The van der Waals surface area contributed by atoms with Crippen molar-refractivity contribution in [2.24, 2.45) is 0 Å². The Hall–Kier alpha value is -3.26. The van der Waals surface area contributed by atoms with Crippen molar-refractivity contribution in [3.05, 3.63) is 65.2 Å². The number of carbonyl (C=O) groups excluding carboxylic acids is 2. The molecule has 0 radical (unpaired) electrons. The number of carbonyl (C=O) groups is 2. The van der Waals surface area contributed by atoms with Crippen LogP contribution in [0, 0.1) is 12.7 Å². The van der Waals surface area contributed by atoms with Gasteiger partial charge in [-0.25, -0.2) is 14.2 Å². The third-order valence-corrected chi connectivity index (χ3v) is 5.77. The van der Waals surface area contributed by atoms with Crippen LogP contribution < -0.4 is 4.74 Å². The Balaban J connectivity index is 1.60. The van der Waals surface area contributed by atoms with Gasteiger partial charge in [0.2, 0.25) is 0 Å². The van der Waals surface area contributed by atoms with Gasteiger partial charge in [-0.2, -0.15) is 0 Å². The Kier molecular flexibility index (Phi) is 8.76. The molecule has 0 saturated carbocycles. The highest BCUT2D eigenvalue weighted by atomic mass is 19.1. The number of benzene rings is 1. The smallest absolute Gasteiger partial charge is 0.330 e. The molecule has 1 amide bonds. The van der Waals surface area contributed by atoms with Crippen molar-refractivity contribution in [1.29, 1.82) is 0 Å². The first kappa shape index (κ1) is 25.4. The van der Waals surface area contributed by atoms with E-state index in [1.165, 1.54) is 24.3 Å². The molecule has 1 aromatic heterocycles. The van der Waals surface area contributed by atoms with Gasteiger partial charge in [0.05, 0.1) is 6.61 Å². The number of aromatic nitrogens is 1. The average Bonchev–Trinajstić information content (AvgIpc) is 2.80. The van der Waals surface area contributed by atoms with E-state index in [9.17, 15) is 14.0 Å². The molecule has 8 heteroatoms. The number of hydrogen-bond donors (Lipinski definition) is 0. The minimum atomic E-state index is -0.464. The van der Waals surface area contributed by atoms with Crippen LogP contribution in [0.25, 0.3) is 6.08 Å². The number of esters is 1. The van der Waals surface area contributed by atoms with Gasteiger partial charge < -0.3 is 14.4 Å². The predicted molar refractivity (Wildman–Crippen MR) is 128 cm³/mol. The van der Waals surface area contributed by atoms with Crippen LogP contribution in [0.2, 0.25) is 0 Å². The lowest BCUT2D eigenvalue weighted by atomic mass is 10.1. The molecule has 0 N–H and O–H groups in total. The number of amides is 1. The monoisotopic (exact) mass is 469 g/mol. The van der Waals surface area contributed by atoms with Crippen LogP contribution >= 0.6 is 0 Å². The van der Waals surface area contributed by atoms with Crippen LogP contribution in [0.4, 0.5) is 4.39 Å². The summed E-state index contributed by atoms with van der Waals surface area (Å²) in [7, 11) is 0. The van der Waals surface area contributed by atoms with Crippen molar-refractivity contribution in [1.82, 2.24) is 14.8 Å². The molecule has 0 bridgehead atoms. The number of aryl methyl sites for hydroxylation is 1. The molecular weight excluding hydrogens is 437 g/mol. The van der Waals surface area contributed by atoms with Crippen molar-refractivity contribution in [2.45, 2.75) is 46.3 Å². The maximum Gasteiger partial charge on any atom is 0.330 e. The SMILES string of the molecule is CCOC(=O)C=Cc1nc(C)ccc1OCC(=O)N1C[C@H](C)N(Cc2ccc(F)cc2)C[C@H]1C. The van der Waals surface area contributed by atoms with Gasteiger partial charge in [-0.05, 0) is 63.6 Å². The molecule has 2 atom stereocenters. The van der Waals surface area contributed by atoms with E-state index in [0.717, 1.165) is 11.3 Å². The van der Waals surface area contributed by atoms with E-state index in [4.69, 9.17) is 9.47 Å². The molecule has 0 spiro atoms. The van der Waals surface area contributed by atoms with Crippen molar-refractivity contribution < 1.29 is 23.5 Å². The third-order valence-electron chi connectivity index (χ3n) is 5.77. The summed E-state index contributed by atoms with van der Waals surface area (Å²) in [5.41, 5.74) is 2.27. The minimum absolute atomic E-state index is 0.00655. The number of rotatable bonds is 8. The summed E-state index contributed by atoms with van der Waals surface area (Å²) in [5.74, 6) is -0.394. The van der Waals surface area contributed by atoms with E-state index < -0.39 is 5.97 Å². The fourth-order valence-electron chi connectivity index (χ4n) is 3.96. The minimum Gasteiger partial charge on any atom is -0.482 e. The van der Waals surface area contributed by atoms with E-state index in [-0.39, 0.29) is 37.0 Å². The van der Waals surface area contributed by atoms with Gasteiger partial charge in [0.15, 0.2) is 6.61 Å². The van der Waals surface area contributed by atoms with Crippen LogP contribution in [0.5, 0.6) is 5.75 Å². The van der Waals surface area contributed by atoms with Crippen molar-refractivity contribution >= 4 is 18.0 Å². The number of nitrogens with zero attached hydrogens (tertiary/aromatic N) is 3. The van der Waals surface area contributed by atoms with Crippen molar-refractivity contribution in [2.75, 3.05) is 26.3 Å². The van der Waals surface area contributed by atoms with Gasteiger partial charge >= 0.3 is 5.97 Å². The molecule has 1 saturated heterocycles. The summed E-state index contributed by atoms with van der Waals surface area (Å²) in [6.07, 6.45) is 2.83. The second kappa shape index (κ2) is 11.7. The second-order valence-electron chi connectivity index (χ2n) is 8.51. The lowest BCUT2D eigenvalue weighted by Crippen LogP contribution is -2.58. The Bertz CT molecular complexity index is 1030. The van der Waals surface area contributed by atoms with Gasteiger partial charge in [0, 0.05) is 43.5 Å². The number of halogens is 1. The molecule has 0 unspecified atom stereocenters. The summed E-state index contributed by atoms with van der Waals surface area (Å²) in [6, 6.07) is 10.2. The largest absolute Gasteiger partial charge is 0.482 e. The van der Waals surface area contributed by atoms with E-state index in [2.05, 4.69) is 16.8 Å². The molecule has 0 aliphatic carbocycles. The molecule has 34 heavy (non-hydrogen) atoms. The molecule has 3 rings (SSSR count). The first-order valence-electron chi connectivity index (χ1n) is 11.5. The molecule has 1 aliphatic rings. The highest BCUT2D eigenvalue weighted by Gasteiger charge is 2.32. The summed E-state index contributed by atoms with van der Waals surface area (Å²) in [4.78, 5) is 33.2. The zero-order chi connectivity index (χ0) is 24.7. The van der Waals surface area contributed by atoms with Crippen LogP contribution in [0.15, 0.2) is 42.5 Å². The second-order valence-corrected chi connectivity index (χ2v) is 8.51. The van der Waals surface area contributed by atoms with Crippen LogP contribution in [-0.4, -0.2) is 65.0 Å². The van der Waals surface area contributed by atoms with Gasteiger partial charge in [0.1, 0.15) is 17.3 Å². The fourth-order valence-corrected chi connectivity index (χ4v) is 3.96. The van der Waals surface area contributed by atoms with Crippen LogP contribution in [0.1, 0.15) is 37.7 Å². The Morgan fingerprint density at radius 3 is 2.56 bits per heavy atom. The van der Waals surface area contributed by atoms with E-state index >= 15 is 0 Å². The highest BCUT2D eigenvalue weighted by molar-refractivity contribution is 5.87. The number of piperazine rings is 1. The lowest BCUT2D eigenvalue weighted by molar-refractivity contribution is -0.139. The van der Waals surface area contributed by atoms with E-state index in [1.54, 1.807) is 31.2 Å². The molecule has 2 heterocycles. The van der Waals surface area contributed by atoms with Gasteiger partial charge in [-0.15, -0.1) is 0 Å². The number of hydrogen-bond acceptors (Lipinski definition) is 6. The first-order chi connectivity index (χ1) is 16.3. The van der Waals surface area contributed by atoms with E-state index in [1.807, 2.05) is 18.7 Å². The predicted octanol–water partition coefficient (Wildman–Crippen LogP) is 3.61. The van der Waals surface area contributed by atoms with Crippen LogP contribution in [0.3, 0.4) is 0 Å². The van der Waals surface area contributed by atoms with Crippen molar-refractivity contribution in [3.63, 3.8) is 0 Å². The summed E-state index contributed by atoms with van der Waals surface area (Å²) < 4.78 is 23.9. The Labute approximate surface area is 200 Å². The third kappa shape index (κ3) is 6.87. The average molecular weight is 470 g/mol. The first-order valence-corrected chi connectivity index (χ1v) is 11.5. The number of ether oxygens (including phenoxy) is 2. The Morgan fingerprint density at radius 1 is 1.12 bits per heavy atom. The molecule has 7 nitrogen and oxygen atoms in total. The topological polar surface area (TPSA) is 72.0 Å². The fraction of sp³-hybridized carbons (Fsp3) is 0.423. The van der Waals surface area contributed by atoms with Crippen molar-refractivity contribution in [3.8, 4) is 5.75 Å². The normalized spacial score (nSPS) is 18.8. The van der Waals surface area contributed by atoms with Crippen LogP contribution in [-0.2, 0) is 20.9 Å². The molecule has 1 aliphatic heterocycles. The molecule has 2 aromatic rings. The maximum atomic E-state index is 13.2. The summed E-state index contributed by atoms with van der Waals surface area (Å²) in [6.45, 7) is 9.83. The quantitative estimate of drug-likeness (QED) is 0.435. The van der Waals surface area contributed by atoms with Gasteiger partial charge in [-0.3, -0.25) is 9.69 Å². The van der Waals surface area contributed by atoms with Gasteiger partial charge in [-0.1, -0.05) is 12.1 Å². The zero-order valence-electron chi connectivity index (χ0n) is 20.2. The summed E-state index contributed by atoms with van der Waals surface area (Å²) in [5, 5.41) is 0. The summed E-state index contributed by atoms with van der Waals surface area (Å²) >= 11 is 0. The zero-order valence-corrected chi connectivity index (χ0v) is 20.2. The van der Waals surface area contributed by atoms with E-state index in [0.29, 0.717) is 31.1 Å². The highest BCUT2D eigenvalue weighted by Crippen LogP contribution is 2.21. The molecular formula is C26H32FN3O4. The Morgan fingerprint density at radius 2 is 1.85 bits per heavy atom. The molecule has 1 aromatic carbocycles. The standard InChI is InChI=1S/C26H32FN3O4/c1-5-33-26(32)13-11-23-24(12-6-18(2)28-23)34-17-25(31)30-15-19(3)29(14-20(30)4)16-21-7-9-22(27)10-8-21/h6-13,19-20H,5,14-17H2,1-4H3/t19-,20+/m0/s1. The number of pyridine rings is 1.